The van der Waals surface area contributed by atoms with Gasteiger partial charge in [-0.05, 0) is 32.7 Å². The summed E-state index contributed by atoms with van der Waals surface area (Å²) in [6.45, 7) is 2.00. The molecule has 1 aliphatic heterocycles. The Hall–Kier alpha value is -0.350. The first-order valence-electron chi connectivity index (χ1n) is 3.82. The first-order valence-corrected chi connectivity index (χ1v) is 4.23. The standard InChI is InChI=1S/C7H15N3S/c1-9(2)6-3-4-10(5-6)7(8)11/h6H,3-5H2,1-2H3,(H2,8,11)/t6-/m1/s1. The van der Waals surface area contributed by atoms with Crippen LogP contribution < -0.4 is 5.73 Å². The van der Waals surface area contributed by atoms with E-state index in [-0.39, 0.29) is 0 Å². The summed E-state index contributed by atoms with van der Waals surface area (Å²) in [5.41, 5.74) is 5.50. The third-order valence-corrected chi connectivity index (χ3v) is 2.46. The fraction of sp³-hybridized carbons (Fsp3) is 0.857. The first kappa shape index (κ1) is 8.74. The molecule has 11 heavy (non-hydrogen) atoms. The summed E-state index contributed by atoms with van der Waals surface area (Å²) >= 11 is 4.88. The number of hydrogen-bond donors (Lipinski definition) is 1. The van der Waals surface area contributed by atoms with Crippen LogP contribution in [0.2, 0.25) is 0 Å². The number of nitrogens with zero attached hydrogens (tertiary/aromatic N) is 2. The van der Waals surface area contributed by atoms with Gasteiger partial charge in [0, 0.05) is 19.1 Å². The lowest BCUT2D eigenvalue weighted by molar-refractivity contribution is 0.301. The molecular formula is C7H15N3S. The number of likely N-dealkylation sites (N-methyl/N-ethyl adjacent to an activating group) is 1. The van der Waals surface area contributed by atoms with Crippen LogP contribution >= 0.6 is 12.2 Å². The van der Waals surface area contributed by atoms with Crippen LogP contribution in [0.5, 0.6) is 0 Å². The highest BCUT2D eigenvalue weighted by Crippen LogP contribution is 2.12. The molecule has 1 saturated heterocycles. The monoisotopic (exact) mass is 173 g/mol. The second-order valence-electron chi connectivity index (χ2n) is 3.19. The molecule has 0 amide bonds. The van der Waals surface area contributed by atoms with Crippen molar-refractivity contribution in [2.24, 2.45) is 5.73 Å². The summed E-state index contributed by atoms with van der Waals surface area (Å²) in [6.07, 6.45) is 1.17. The molecule has 3 nitrogen and oxygen atoms in total. The van der Waals surface area contributed by atoms with Gasteiger partial charge in [-0.15, -0.1) is 0 Å². The number of nitrogens with two attached hydrogens (primary N) is 1. The van der Waals surface area contributed by atoms with E-state index in [1.165, 1.54) is 6.42 Å². The number of thiocarbonyl (C=S) groups is 1. The zero-order valence-corrected chi connectivity index (χ0v) is 7.90. The van der Waals surface area contributed by atoms with Crippen LogP contribution in [0.3, 0.4) is 0 Å². The molecule has 64 valence electrons. The molecule has 0 saturated carbocycles. The van der Waals surface area contributed by atoms with E-state index in [0.717, 1.165) is 13.1 Å². The Kier molecular flexibility index (Phi) is 2.67. The molecule has 0 aliphatic carbocycles. The van der Waals surface area contributed by atoms with E-state index >= 15 is 0 Å². The van der Waals surface area contributed by atoms with Gasteiger partial charge in [0.15, 0.2) is 5.11 Å². The van der Waals surface area contributed by atoms with E-state index in [1.807, 2.05) is 0 Å². The molecule has 1 atom stereocenters. The van der Waals surface area contributed by atoms with Crippen molar-refractivity contribution in [3.8, 4) is 0 Å². The predicted molar refractivity (Wildman–Crippen MR) is 50.5 cm³/mol. The minimum absolute atomic E-state index is 0.536. The van der Waals surface area contributed by atoms with Gasteiger partial charge in [0.2, 0.25) is 0 Å². The van der Waals surface area contributed by atoms with Crippen LogP contribution in [0.15, 0.2) is 0 Å². The largest absolute Gasteiger partial charge is 0.376 e. The topological polar surface area (TPSA) is 32.5 Å². The van der Waals surface area contributed by atoms with Gasteiger partial charge >= 0.3 is 0 Å². The number of rotatable bonds is 1. The summed E-state index contributed by atoms with van der Waals surface area (Å²) in [5, 5.41) is 0.536. The van der Waals surface area contributed by atoms with Crippen LogP contribution in [0.1, 0.15) is 6.42 Å². The van der Waals surface area contributed by atoms with Crippen molar-refractivity contribution in [2.45, 2.75) is 12.5 Å². The Labute approximate surface area is 73.1 Å². The fourth-order valence-electron chi connectivity index (χ4n) is 1.36. The average Bonchev–Trinajstić information content (AvgIpc) is 2.33. The van der Waals surface area contributed by atoms with Crippen molar-refractivity contribution < 1.29 is 0 Å². The highest BCUT2D eigenvalue weighted by atomic mass is 32.1. The van der Waals surface area contributed by atoms with Crippen LogP contribution in [0.25, 0.3) is 0 Å². The molecule has 1 heterocycles. The molecule has 0 unspecified atom stereocenters. The molecule has 0 aromatic heterocycles. The van der Waals surface area contributed by atoms with Gasteiger partial charge < -0.3 is 15.5 Å². The molecule has 2 N–H and O–H groups in total. The van der Waals surface area contributed by atoms with Gasteiger partial charge in [-0.2, -0.15) is 0 Å². The quantitative estimate of drug-likeness (QED) is 0.560. The molecule has 0 aromatic carbocycles. The lowest BCUT2D eigenvalue weighted by atomic mass is 10.2. The lowest BCUT2D eigenvalue weighted by Crippen LogP contribution is -2.37. The highest BCUT2D eigenvalue weighted by molar-refractivity contribution is 7.80. The molecular weight excluding hydrogens is 158 g/mol. The molecule has 1 rings (SSSR count). The average molecular weight is 173 g/mol. The maximum Gasteiger partial charge on any atom is 0.166 e. The zero-order valence-electron chi connectivity index (χ0n) is 7.08. The minimum Gasteiger partial charge on any atom is -0.376 e. The van der Waals surface area contributed by atoms with Gasteiger partial charge in [-0.1, -0.05) is 0 Å². The van der Waals surface area contributed by atoms with Gasteiger partial charge in [-0.25, -0.2) is 0 Å². The van der Waals surface area contributed by atoms with Crippen molar-refractivity contribution in [2.75, 3.05) is 27.2 Å². The van der Waals surface area contributed by atoms with Gasteiger partial charge in [-0.3, -0.25) is 0 Å². The summed E-state index contributed by atoms with van der Waals surface area (Å²) < 4.78 is 0. The summed E-state index contributed by atoms with van der Waals surface area (Å²) in [7, 11) is 4.18. The molecule has 0 radical (unpaired) electrons. The van der Waals surface area contributed by atoms with Crippen molar-refractivity contribution in [3.63, 3.8) is 0 Å². The molecule has 0 aromatic rings. The fourth-order valence-corrected chi connectivity index (χ4v) is 1.53. The number of hydrogen-bond acceptors (Lipinski definition) is 2. The molecule has 0 bridgehead atoms. The third-order valence-electron chi connectivity index (χ3n) is 2.21. The summed E-state index contributed by atoms with van der Waals surface area (Å²) in [6, 6.07) is 0.622. The second kappa shape index (κ2) is 3.36. The molecule has 1 aliphatic rings. The Morgan fingerprint density at radius 2 is 2.27 bits per heavy atom. The zero-order chi connectivity index (χ0) is 8.43. The Morgan fingerprint density at radius 1 is 1.64 bits per heavy atom. The van der Waals surface area contributed by atoms with E-state index in [0.29, 0.717) is 11.2 Å². The van der Waals surface area contributed by atoms with E-state index in [2.05, 4.69) is 23.9 Å². The molecule has 1 fully saturated rings. The van der Waals surface area contributed by atoms with Crippen LogP contribution in [-0.4, -0.2) is 48.1 Å². The molecule has 4 heteroatoms. The Bertz CT molecular complexity index is 158. The van der Waals surface area contributed by atoms with E-state index < -0.39 is 0 Å². The third kappa shape index (κ3) is 2.04. The van der Waals surface area contributed by atoms with E-state index in [1.54, 1.807) is 0 Å². The number of likely N-dealkylation sites (tertiary alicyclic amines) is 1. The maximum absolute atomic E-state index is 5.50. The summed E-state index contributed by atoms with van der Waals surface area (Å²) in [5.74, 6) is 0. The van der Waals surface area contributed by atoms with E-state index in [9.17, 15) is 0 Å². The van der Waals surface area contributed by atoms with Crippen molar-refractivity contribution in [3.05, 3.63) is 0 Å². The predicted octanol–water partition coefficient (Wildman–Crippen LogP) is -0.134. The summed E-state index contributed by atoms with van der Waals surface area (Å²) in [4.78, 5) is 4.28. The van der Waals surface area contributed by atoms with Crippen molar-refractivity contribution in [1.82, 2.24) is 9.80 Å². The van der Waals surface area contributed by atoms with Gasteiger partial charge in [0.25, 0.3) is 0 Å². The van der Waals surface area contributed by atoms with Crippen molar-refractivity contribution in [1.29, 1.82) is 0 Å². The normalized spacial score (nSPS) is 24.6. The maximum atomic E-state index is 5.50. The van der Waals surface area contributed by atoms with E-state index in [4.69, 9.17) is 18.0 Å². The minimum atomic E-state index is 0.536. The smallest absolute Gasteiger partial charge is 0.166 e. The Morgan fingerprint density at radius 3 is 2.55 bits per heavy atom. The van der Waals surface area contributed by atoms with Crippen LogP contribution in [0, 0.1) is 0 Å². The van der Waals surface area contributed by atoms with Gasteiger partial charge in [0.05, 0.1) is 0 Å². The highest BCUT2D eigenvalue weighted by Gasteiger charge is 2.23. The van der Waals surface area contributed by atoms with Gasteiger partial charge in [0.1, 0.15) is 0 Å². The Balaban J connectivity index is 2.41. The molecule has 0 spiro atoms. The SMILES string of the molecule is CN(C)[C@@H]1CCN(C(N)=S)C1. The van der Waals surface area contributed by atoms with Crippen LogP contribution in [0.4, 0.5) is 0 Å². The second-order valence-corrected chi connectivity index (χ2v) is 3.61. The van der Waals surface area contributed by atoms with Crippen molar-refractivity contribution >= 4 is 17.3 Å². The lowest BCUT2D eigenvalue weighted by Gasteiger charge is -2.20. The van der Waals surface area contributed by atoms with Crippen LogP contribution in [-0.2, 0) is 0 Å². The first-order chi connectivity index (χ1) is 5.11.